The zero-order valence-electron chi connectivity index (χ0n) is 16.1. The Morgan fingerprint density at radius 1 is 0.893 bits per heavy atom. The van der Waals surface area contributed by atoms with Crippen LogP contribution in [0.3, 0.4) is 0 Å². The number of hydrogen-bond acceptors (Lipinski definition) is 3. The first-order valence-corrected chi connectivity index (χ1v) is 10.4. The van der Waals surface area contributed by atoms with Gasteiger partial charge >= 0.3 is 0 Å². The topological polar surface area (TPSA) is 40.6 Å². The summed E-state index contributed by atoms with van der Waals surface area (Å²) in [5.41, 5.74) is 2.42. The number of piperidine rings is 1. The highest BCUT2D eigenvalue weighted by Crippen LogP contribution is 2.37. The molecule has 4 rings (SSSR count). The summed E-state index contributed by atoms with van der Waals surface area (Å²) >= 11 is 3.44. The molecule has 0 radical (unpaired) electrons. The summed E-state index contributed by atoms with van der Waals surface area (Å²) in [6, 6.07) is 16.9. The predicted molar refractivity (Wildman–Crippen MR) is 115 cm³/mol. The molecule has 2 atom stereocenters. The summed E-state index contributed by atoms with van der Waals surface area (Å²) in [6.45, 7) is 6.00. The number of halogens is 1. The molecule has 2 aliphatic heterocycles. The molecular formula is C23H23BrN2O2. The molecule has 1 fully saturated rings. The third-order valence-corrected chi connectivity index (χ3v) is 5.87. The largest absolute Gasteiger partial charge is 0.366 e. The molecule has 0 N–H and O–H groups in total. The lowest BCUT2D eigenvalue weighted by Crippen LogP contribution is -2.42. The van der Waals surface area contributed by atoms with Gasteiger partial charge in [0.05, 0.1) is 11.3 Å². The summed E-state index contributed by atoms with van der Waals surface area (Å²) in [5, 5.41) is 0. The average molecular weight is 439 g/mol. The van der Waals surface area contributed by atoms with Crippen LogP contribution in [0.1, 0.15) is 25.8 Å². The molecule has 0 aliphatic carbocycles. The predicted octanol–water partition coefficient (Wildman–Crippen LogP) is 4.71. The fraction of sp³-hybridized carbons (Fsp3) is 0.304. The molecule has 0 spiro atoms. The second-order valence-corrected chi connectivity index (χ2v) is 8.78. The molecule has 0 saturated carbocycles. The number of rotatable bonds is 3. The maximum absolute atomic E-state index is 13.5. The molecule has 2 aromatic rings. The lowest BCUT2D eigenvalue weighted by atomic mass is 9.91. The smallest absolute Gasteiger partial charge is 0.282 e. The van der Waals surface area contributed by atoms with E-state index >= 15 is 0 Å². The van der Waals surface area contributed by atoms with Gasteiger partial charge in [0, 0.05) is 17.6 Å². The van der Waals surface area contributed by atoms with Gasteiger partial charge in [-0.25, -0.2) is 4.90 Å². The fourth-order valence-corrected chi connectivity index (χ4v) is 4.76. The van der Waals surface area contributed by atoms with Gasteiger partial charge in [0.2, 0.25) is 0 Å². The van der Waals surface area contributed by atoms with Crippen molar-refractivity contribution in [1.29, 1.82) is 0 Å². The van der Waals surface area contributed by atoms with Gasteiger partial charge in [0.15, 0.2) is 0 Å². The van der Waals surface area contributed by atoms with Crippen LogP contribution in [0.25, 0.3) is 5.57 Å². The molecule has 1 saturated heterocycles. The van der Waals surface area contributed by atoms with Crippen LogP contribution in [-0.2, 0) is 9.59 Å². The Balaban J connectivity index is 1.83. The Bertz CT molecular complexity index is 944. The van der Waals surface area contributed by atoms with Gasteiger partial charge < -0.3 is 4.90 Å². The van der Waals surface area contributed by atoms with Crippen LogP contribution in [-0.4, -0.2) is 29.8 Å². The summed E-state index contributed by atoms with van der Waals surface area (Å²) in [7, 11) is 0. The number of hydrogen-bond donors (Lipinski definition) is 0. The second kappa shape index (κ2) is 7.55. The van der Waals surface area contributed by atoms with E-state index in [4.69, 9.17) is 0 Å². The maximum Gasteiger partial charge on any atom is 0.282 e. The molecule has 28 heavy (non-hydrogen) atoms. The first kappa shape index (κ1) is 18.9. The number of anilines is 1. The van der Waals surface area contributed by atoms with Gasteiger partial charge in [-0.05, 0) is 42.0 Å². The van der Waals surface area contributed by atoms with Crippen molar-refractivity contribution < 1.29 is 9.59 Å². The summed E-state index contributed by atoms with van der Waals surface area (Å²) < 4.78 is 0.834. The molecule has 5 heteroatoms. The van der Waals surface area contributed by atoms with Crippen molar-refractivity contribution in [2.24, 2.45) is 11.8 Å². The molecule has 4 nitrogen and oxygen atoms in total. The Labute approximate surface area is 174 Å². The van der Waals surface area contributed by atoms with Crippen LogP contribution in [0.15, 0.2) is 64.8 Å². The van der Waals surface area contributed by atoms with Crippen LogP contribution in [0.5, 0.6) is 0 Å². The zero-order valence-corrected chi connectivity index (χ0v) is 17.6. The van der Waals surface area contributed by atoms with E-state index in [0.717, 1.165) is 29.5 Å². The van der Waals surface area contributed by atoms with E-state index in [-0.39, 0.29) is 11.8 Å². The molecule has 0 bridgehead atoms. The van der Waals surface area contributed by atoms with E-state index in [1.165, 1.54) is 4.90 Å². The fourth-order valence-electron chi connectivity index (χ4n) is 4.37. The first-order valence-electron chi connectivity index (χ1n) is 9.64. The number of carbonyl (C=O) groups excluding carboxylic acids is 2. The van der Waals surface area contributed by atoms with Crippen molar-refractivity contribution in [3.8, 4) is 0 Å². The minimum absolute atomic E-state index is 0.233. The zero-order chi connectivity index (χ0) is 19.8. The Kier molecular flexibility index (Phi) is 5.11. The average Bonchev–Trinajstić information content (AvgIpc) is 2.92. The molecule has 0 aromatic heterocycles. The quantitative estimate of drug-likeness (QED) is 0.651. The van der Waals surface area contributed by atoms with Gasteiger partial charge in [0.1, 0.15) is 5.70 Å². The van der Waals surface area contributed by atoms with E-state index in [2.05, 4.69) is 34.7 Å². The molecule has 2 unspecified atom stereocenters. The van der Waals surface area contributed by atoms with Gasteiger partial charge in [-0.15, -0.1) is 0 Å². The Morgan fingerprint density at radius 2 is 1.57 bits per heavy atom. The standard InChI is InChI=1S/C23H23BrN2O2/c1-15-11-16(2)14-25(13-15)21-20(17-7-4-3-5-8-17)22(27)26(23(21)28)19-10-6-9-18(24)12-19/h3-10,12,15-16H,11,13-14H2,1-2H3. The number of likely N-dealkylation sites (tertiary alicyclic amines) is 1. The molecule has 2 heterocycles. The van der Waals surface area contributed by atoms with Crippen LogP contribution < -0.4 is 4.90 Å². The van der Waals surface area contributed by atoms with Crippen molar-refractivity contribution >= 4 is 39.0 Å². The summed E-state index contributed by atoms with van der Waals surface area (Å²) in [4.78, 5) is 30.4. The highest BCUT2D eigenvalue weighted by Gasteiger charge is 2.43. The monoisotopic (exact) mass is 438 g/mol. The number of imide groups is 1. The van der Waals surface area contributed by atoms with Gasteiger partial charge in [-0.3, -0.25) is 9.59 Å². The van der Waals surface area contributed by atoms with E-state index in [9.17, 15) is 9.59 Å². The minimum atomic E-state index is -0.254. The van der Waals surface area contributed by atoms with Crippen molar-refractivity contribution in [3.05, 3.63) is 70.3 Å². The van der Waals surface area contributed by atoms with Crippen molar-refractivity contribution in [2.45, 2.75) is 20.3 Å². The number of carbonyl (C=O) groups is 2. The summed E-state index contributed by atoms with van der Waals surface area (Å²) in [6.07, 6.45) is 1.14. The number of nitrogens with zero attached hydrogens (tertiary/aromatic N) is 2. The van der Waals surface area contributed by atoms with Crippen molar-refractivity contribution in [2.75, 3.05) is 18.0 Å². The third kappa shape index (κ3) is 3.39. The summed E-state index contributed by atoms with van der Waals surface area (Å²) in [5.74, 6) is 0.477. The Hall–Kier alpha value is -2.40. The van der Waals surface area contributed by atoms with Crippen LogP contribution in [0, 0.1) is 11.8 Å². The second-order valence-electron chi connectivity index (χ2n) is 7.87. The normalized spacial score (nSPS) is 23.0. The van der Waals surface area contributed by atoms with Crippen molar-refractivity contribution in [1.82, 2.24) is 4.90 Å². The lowest BCUT2D eigenvalue weighted by molar-refractivity contribution is -0.120. The van der Waals surface area contributed by atoms with Gasteiger partial charge in [-0.1, -0.05) is 66.2 Å². The van der Waals surface area contributed by atoms with E-state index < -0.39 is 0 Å². The van der Waals surface area contributed by atoms with E-state index in [0.29, 0.717) is 28.8 Å². The minimum Gasteiger partial charge on any atom is -0.366 e. The van der Waals surface area contributed by atoms with E-state index in [1.807, 2.05) is 48.5 Å². The van der Waals surface area contributed by atoms with Crippen LogP contribution >= 0.6 is 15.9 Å². The highest BCUT2D eigenvalue weighted by molar-refractivity contribution is 9.10. The maximum atomic E-state index is 13.5. The number of benzene rings is 2. The van der Waals surface area contributed by atoms with Crippen molar-refractivity contribution in [3.63, 3.8) is 0 Å². The Morgan fingerprint density at radius 3 is 2.21 bits per heavy atom. The lowest BCUT2D eigenvalue weighted by Gasteiger charge is -2.37. The van der Waals surface area contributed by atoms with Crippen LogP contribution in [0.4, 0.5) is 5.69 Å². The highest BCUT2D eigenvalue weighted by atomic mass is 79.9. The number of amides is 2. The molecule has 144 valence electrons. The molecule has 2 amide bonds. The molecular weight excluding hydrogens is 416 g/mol. The van der Waals surface area contributed by atoms with E-state index in [1.54, 1.807) is 6.07 Å². The SMILES string of the molecule is CC1CC(C)CN(C2=C(c3ccccc3)C(=O)N(c3cccc(Br)c3)C2=O)C1. The first-order chi connectivity index (χ1) is 13.5. The molecule has 2 aliphatic rings. The molecule has 2 aromatic carbocycles. The third-order valence-electron chi connectivity index (χ3n) is 5.37. The van der Waals surface area contributed by atoms with Gasteiger partial charge in [-0.2, -0.15) is 0 Å². The van der Waals surface area contributed by atoms with Crippen LogP contribution in [0.2, 0.25) is 0 Å². The van der Waals surface area contributed by atoms with Gasteiger partial charge in [0.25, 0.3) is 11.8 Å².